The van der Waals surface area contributed by atoms with Gasteiger partial charge in [-0.3, -0.25) is 4.79 Å². The van der Waals surface area contributed by atoms with Crippen molar-refractivity contribution in [2.24, 2.45) is 0 Å². The van der Waals surface area contributed by atoms with Crippen molar-refractivity contribution in [2.45, 2.75) is 12.8 Å². The van der Waals surface area contributed by atoms with E-state index in [-0.39, 0.29) is 5.91 Å². The van der Waals surface area contributed by atoms with Gasteiger partial charge in [-0.2, -0.15) is 0 Å². The van der Waals surface area contributed by atoms with Crippen LogP contribution in [-0.2, 0) is 0 Å². The second-order valence-corrected chi connectivity index (χ2v) is 5.62. The molecule has 0 atom stereocenters. The van der Waals surface area contributed by atoms with Crippen molar-refractivity contribution in [3.63, 3.8) is 0 Å². The number of pyridine rings is 1. The van der Waals surface area contributed by atoms with Gasteiger partial charge in [-0.1, -0.05) is 0 Å². The van der Waals surface area contributed by atoms with Crippen LogP contribution in [0.25, 0.3) is 0 Å². The third-order valence-corrected chi connectivity index (χ3v) is 4.09. The predicted molar refractivity (Wildman–Crippen MR) is 93.2 cm³/mol. The Kier molecular flexibility index (Phi) is 4.84. The van der Waals surface area contributed by atoms with E-state index in [4.69, 9.17) is 9.47 Å². The summed E-state index contributed by atoms with van der Waals surface area (Å²) in [6.07, 6.45) is 4.09. The van der Waals surface area contributed by atoms with Crippen LogP contribution < -0.4 is 19.7 Å². The van der Waals surface area contributed by atoms with Crippen LogP contribution in [0.4, 0.5) is 11.5 Å². The Balaban J connectivity index is 1.74. The number of hydrogen-bond donors (Lipinski definition) is 1. The molecule has 1 amide bonds. The summed E-state index contributed by atoms with van der Waals surface area (Å²) in [6.45, 7) is 2.08. The Hall–Kier alpha value is -2.76. The van der Waals surface area contributed by atoms with Crippen LogP contribution in [0.5, 0.6) is 11.5 Å². The fraction of sp³-hybridized carbons (Fsp3) is 0.333. The zero-order valence-electron chi connectivity index (χ0n) is 13.9. The second-order valence-electron chi connectivity index (χ2n) is 5.62. The van der Waals surface area contributed by atoms with E-state index < -0.39 is 0 Å². The lowest BCUT2D eigenvalue weighted by atomic mass is 10.1. The van der Waals surface area contributed by atoms with Crippen LogP contribution >= 0.6 is 0 Å². The normalized spacial score (nSPS) is 13.7. The molecular formula is C18H21N3O3. The van der Waals surface area contributed by atoms with Crippen molar-refractivity contribution in [3.05, 3.63) is 42.1 Å². The number of hydrogen-bond acceptors (Lipinski definition) is 5. The highest BCUT2D eigenvalue weighted by Gasteiger charge is 2.16. The number of amides is 1. The lowest BCUT2D eigenvalue weighted by Crippen LogP contribution is -2.19. The number of aromatic nitrogens is 1. The highest BCUT2D eigenvalue weighted by Crippen LogP contribution is 2.25. The minimum atomic E-state index is -0.263. The minimum Gasteiger partial charge on any atom is -0.497 e. The van der Waals surface area contributed by atoms with Crippen molar-refractivity contribution in [2.75, 3.05) is 37.5 Å². The van der Waals surface area contributed by atoms with Gasteiger partial charge in [0.2, 0.25) is 0 Å². The molecule has 1 aromatic heterocycles. The molecule has 24 heavy (non-hydrogen) atoms. The van der Waals surface area contributed by atoms with Crippen molar-refractivity contribution in [1.82, 2.24) is 4.98 Å². The minimum absolute atomic E-state index is 0.263. The molecule has 0 spiro atoms. The van der Waals surface area contributed by atoms with Crippen molar-refractivity contribution in [3.8, 4) is 11.5 Å². The SMILES string of the molecule is COc1ccc(OC)c(C(=O)Nc2ccc(N3CCCC3)nc2)c1. The Bertz CT molecular complexity index is 710. The van der Waals surface area contributed by atoms with Gasteiger partial charge in [-0.05, 0) is 43.2 Å². The highest BCUT2D eigenvalue weighted by atomic mass is 16.5. The fourth-order valence-electron chi connectivity index (χ4n) is 2.78. The maximum Gasteiger partial charge on any atom is 0.259 e. The van der Waals surface area contributed by atoms with E-state index in [0.29, 0.717) is 22.7 Å². The molecule has 6 heteroatoms. The monoisotopic (exact) mass is 327 g/mol. The Morgan fingerprint density at radius 2 is 1.92 bits per heavy atom. The molecule has 1 fully saturated rings. The summed E-state index contributed by atoms with van der Waals surface area (Å²) in [5.74, 6) is 1.78. The summed E-state index contributed by atoms with van der Waals surface area (Å²) in [6, 6.07) is 8.92. The number of nitrogens with zero attached hydrogens (tertiary/aromatic N) is 2. The van der Waals surface area contributed by atoms with Crippen molar-refractivity contribution >= 4 is 17.4 Å². The van der Waals surface area contributed by atoms with Gasteiger partial charge in [0.15, 0.2) is 0 Å². The average Bonchev–Trinajstić information content (AvgIpc) is 3.16. The van der Waals surface area contributed by atoms with Gasteiger partial charge in [-0.25, -0.2) is 4.98 Å². The number of anilines is 2. The number of carbonyl (C=O) groups is 1. The van der Waals surface area contributed by atoms with Gasteiger partial charge in [-0.15, -0.1) is 0 Å². The summed E-state index contributed by atoms with van der Waals surface area (Å²) in [4.78, 5) is 19.2. The first-order chi connectivity index (χ1) is 11.7. The zero-order valence-corrected chi connectivity index (χ0v) is 13.9. The molecule has 0 saturated carbocycles. The molecule has 126 valence electrons. The van der Waals surface area contributed by atoms with Gasteiger partial charge in [0.05, 0.1) is 31.7 Å². The van der Waals surface area contributed by atoms with Gasteiger partial charge in [0, 0.05) is 13.1 Å². The van der Waals surface area contributed by atoms with E-state index in [9.17, 15) is 4.79 Å². The fourth-order valence-corrected chi connectivity index (χ4v) is 2.78. The quantitative estimate of drug-likeness (QED) is 0.915. The van der Waals surface area contributed by atoms with E-state index in [1.54, 1.807) is 31.5 Å². The molecule has 0 aliphatic carbocycles. The van der Waals surface area contributed by atoms with E-state index in [0.717, 1.165) is 18.9 Å². The maximum absolute atomic E-state index is 12.5. The Morgan fingerprint density at radius 1 is 1.12 bits per heavy atom. The highest BCUT2D eigenvalue weighted by molar-refractivity contribution is 6.06. The van der Waals surface area contributed by atoms with Crippen molar-refractivity contribution < 1.29 is 14.3 Å². The third kappa shape index (κ3) is 3.42. The Labute approximate surface area is 141 Å². The van der Waals surface area contributed by atoms with Crippen LogP contribution in [0.2, 0.25) is 0 Å². The molecule has 0 unspecified atom stereocenters. The first kappa shape index (κ1) is 16.1. The molecule has 1 aromatic carbocycles. The summed E-state index contributed by atoms with van der Waals surface area (Å²) in [7, 11) is 3.09. The number of rotatable bonds is 5. The van der Waals surface area contributed by atoms with Gasteiger partial charge >= 0.3 is 0 Å². The van der Waals surface area contributed by atoms with Crippen LogP contribution in [0, 0.1) is 0 Å². The number of carbonyl (C=O) groups excluding carboxylic acids is 1. The van der Waals surface area contributed by atoms with E-state index in [1.807, 2.05) is 12.1 Å². The molecule has 1 aliphatic heterocycles. The van der Waals surface area contributed by atoms with Crippen LogP contribution in [0.3, 0.4) is 0 Å². The number of methoxy groups -OCH3 is 2. The molecule has 1 N–H and O–H groups in total. The Morgan fingerprint density at radius 3 is 2.54 bits per heavy atom. The van der Waals surface area contributed by atoms with Crippen LogP contribution in [0.1, 0.15) is 23.2 Å². The van der Waals surface area contributed by atoms with Crippen LogP contribution in [-0.4, -0.2) is 38.2 Å². The second kappa shape index (κ2) is 7.21. The first-order valence-electron chi connectivity index (χ1n) is 7.95. The van der Waals surface area contributed by atoms with E-state index in [2.05, 4.69) is 15.2 Å². The third-order valence-electron chi connectivity index (χ3n) is 4.09. The number of nitrogens with one attached hydrogen (secondary N) is 1. The summed E-state index contributed by atoms with van der Waals surface area (Å²) in [5.41, 5.74) is 1.06. The first-order valence-corrected chi connectivity index (χ1v) is 7.95. The van der Waals surface area contributed by atoms with Gasteiger partial charge < -0.3 is 19.7 Å². The topological polar surface area (TPSA) is 63.7 Å². The zero-order chi connectivity index (χ0) is 16.9. The molecule has 0 radical (unpaired) electrons. The standard InChI is InChI=1S/C18H21N3O3/c1-23-14-6-7-16(24-2)15(11-14)18(22)20-13-5-8-17(19-12-13)21-9-3-4-10-21/h5-8,11-12H,3-4,9-10H2,1-2H3,(H,20,22). The summed E-state index contributed by atoms with van der Waals surface area (Å²) in [5, 5.41) is 2.85. The van der Waals surface area contributed by atoms with Gasteiger partial charge in [0.25, 0.3) is 5.91 Å². The van der Waals surface area contributed by atoms with E-state index >= 15 is 0 Å². The molecule has 2 aromatic rings. The molecule has 1 aliphatic rings. The van der Waals surface area contributed by atoms with Gasteiger partial charge in [0.1, 0.15) is 17.3 Å². The smallest absolute Gasteiger partial charge is 0.259 e. The number of ether oxygens (including phenoxy) is 2. The summed E-state index contributed by atoms with van der Waals surface area (Å²) >= 11 is 0. The predicted octanol–water partition coefficient (Wildman–Crippen LogP) is 2.95. The average molecular weight is 327 g/mol. The molecule has 0 bridgehead atoms. The molecular weight excluding hydrogens is 306 g/mol. The van der Waals surface area contributed by atoms with E-state index in [1.165, 1.54) is 20.0 Å². The maximum atomic E-state index is 12.5. The van der Waals surface area contributed by atoms with Crippen LogP contribution in [0.15, 0.2) is 36.5 Å². The summed E-state index contributed by atoms with van der Waals surface area (Å²) < 4.78 is 10.4. The lowest BCUT2D eigenvalue weighted by Gasteiger charge is -2.16. The molecule has 1 saturated heterocycles. The number of benzene rings is 1. The molecule has 2 heterocycles. The van der Waals surface area contributed by atoms with Crippen molar-refractivity contribution in [1.29, 1.82) is 0 Å². The lowest BCUT2D eigenvalue weighted by molar-refractivity contribution is 0.102. The molecule has 6 nitrogen and oxygen atoms in total. The molecule has 3 rings (SSSR count). The largest absolute Gasteiger partial charge is 0.497 e.